The zero-order valence-electron chi connectivity index (χ0n) is 11.7. The molecule has 0 radical (unpaired) electrons. The number of aliphatic carboxylic acids is 1. The second kappa shape index (κ2) is 9.68. The Kier molecular flexibility index (Phi) is 8.22. The van der Waals surface area contributed by atoms with E-state index in [2.05, 4.69) is 21.2 Å². The second-order valence-electron chi connectivity index (χ2n) is 4.30. The maximum Gasteiger partial charge on any atom is 0.326 e. The van der Waals surface area contributed by atoms with Crippen molar-refractivity contribution in [1.82, 2.24) is 5.32 Å². The number of hydrogen-bond donors (Lipinski definition) is 2. The summed E-state index contributed by atoms with van der Waals surface area (Å²) in [6.45, 7) is 0.206. The van der Waals surface area contributed by atoms with Crippen LogP contribution in [0.3, 0.4) is 0 Å². The molecule has 0 fully saturated rings. The van der Waals surface area contributed by atoms with E-state index in [9.17, 15) is 9.59 Å². The number of ether oxygens (including phenoxy) is 1. The molecule has 0 saturated heterocycles. The van der Waals surface area contributed by atoms with Crippen molar-refractivity contribution in [2.24, 2.45) is 0 Å². The Labute approximate surface area is 136 Å². The molecule has 1 unspecified atom stereocenters. The third-order valence-electron chi connectivity index (χ3n) is 2.64. The lowest BCUT2D eigenvalue weighted by atomic mass is 10.2. The smallest absolute Gasteiger partial charge is 0.326 e. The fourth-order valence-electron chi connectivity index (χ4n) is 1.58. The van der Waals surface area contributed by atoms with Gasteiger partial charge < -0.3 is 15.2 Å². The Hall–Kier alpha value is -1.21. The number of carbonyl (C=O) groups is 2. The molecule has 1 amide bonds. The number of amides is 1. The molecule has 0 aliphatic rings. The Bertz CT molecular complexity index is 484. The number of nitrogens with one attached hydrogen (secondary N) is 1. The highest BCUT2D eigenvalue weighted by Crippen LogP contribution is 2.17. The summed E-state index contributed by atoms with van der Waals surface area (Å²) >= 11 is 4.88. The molecule has 0 bridgehead atoms. The second-order valence-corrected chi connectivity index (χ2v) is 6.20. The van der Waals surface area contributed by atoms with Crippen LogP contribution in [0.25, 0.3) is 0 Å². The van der Waals surface area contributed by atoms with E-state index in [0.29, 0.717) is 17.9 Å². The molecule has 1 aromatic rings. The molecule has 116 valence electrons. The van der Waals surface area contributed by atoms with Crippen LogP contribution in [0.5, 0.6) is 5.75 Å². The van der Waals surface area contributed by atoms with Gasteiger partial charge in [0.2, 0.25) is 5.91 Å². The monoisotopic (exact) mass is 375 g/mol. The van der Waals surface area contributed by atoms with Crippen molar-refractivity contribution >= 4 is 39.6 Å². The number of halogens is 1. The molecule has 0 spiro atoms. The number of carboxylic acid groups (broad SMARTS) is 1. The summed E-state index contributed by atoms with van der Waals surface area (Å²) in [5.41, 5.74) is 0. The molecule has 1 atom stereocenters. The Morgan fingerprint density at radius 3 is 2.86 bits per heavy atom. The van der Waals surface area contributed by atoms with Gasteiger partial charge >= 0.3 is 5.97 Å². The summed E-state index contributed by atoms with van der Waals surface area (Å²) in [7, 11) is 0. The van der Waals surface area contributed by atoms with Gasteiger partial charge in [0.1, 0.15) is 11.8 Å². The van der Waals surface area contributed by atoms with Gasteiger partial charge in [0, 0.05) is 4.47 Å². The number of carboxylic acids is 1. The quantitative estimate of drug-likeness (QED) is 0.693. The van der Waals surface area contributed by atoms with E-state index in [0.717, 1.165) is 4.47 Å². The van der Waals surface area contributed by atoms with Crippen molar-refractivity contribution in [2.45, 2.75) is 18.9 Å². The molecule has 21 heavy (non-hydrogen) atoms. The van der Waals surface area contributed by atoms with Crippen LogP contribution < -0.4 is 10.1 Å². The molecule has 2 N–H and O–H groups in total. The molecule has 0 aliphatic heterocycles. The number of benzene rings is 1. The molecule has 0 heterocycles. The lowest BCUT2D eigenvalue weighted by molar-refractivity contribution is -0.141. The van der Waals surface area contributed by atoms with E-state index < -0.39 is 12.0 Å². The summed E-state index contributed by atoms with van der Waals surface area (Å²) in [5.74, 6) is 0.0179. The summed E-state index contributed by atoms with van der Waals surface area (Å²) in [5, 5.41) is 11.5. The fourth-order valence-corrected chi connectivity index (χ4v) is 2.43. The Morgan fingerprint density at radius 1 is 1.48 bits per heavy atom. The van der Waals surface area contributed by atoms with Crippen LogP contribution in [0.2, 0.25) is 0 Å². The summed E-state index contributed by atoms with van der Waals surface area (Å²) < 4.78 is 6.33. The topological polar surface area (TPSA) is 75.6 Å². The highest BCUT2D eigenvalue weighted by atomic mass is 79.9. The summed E-state index contributed by atoms with van der Waals surface area (Å²) in [4.78, 5) is 22.7. The SMILES string of the molecule is CSCCC(NC(=O)CCOc1cccc(Br)c1)C(=O)O. The van der Waals surface area contributed by atoms with Crippen LogP contribution in [-0.2, 0) is 9.59 Å². The van der Waals surface area contributed by atoms with Crippen molar-refractivity contribution in [2.75, 3.05) is 18.6 Å². The van der Waals surface area contributed by atoms with Gasteiger partial charge in [0.25, 0.3) is 0 Å². The number of hydrogen-bond acceptors (Lipinski definition) is 4. The molecule has 1 rings (SSSR count). The van der Waals surface area contributed by atoms with Crippen molar-refractivity contribution in [3.05, 3.63) is 28.7 Å². The molecule has 0 aliphatic carbocycles. The van der Waals surface area contributed by atoms with Crippen LogP contribution in [0.15, 0.2) is 28.7 Å². The molecule has 7 heteroatoms. The minimum absolute atomic E-state index is 0.121. The number of carbonyl (C=O) groups excluding carboxylic acids is 1. The molecule has 0 aromatic heterocycles. The third kappa shape index (κ3) is 7.38. The van der Waals surface area contributed by atoms with Crippen molar-refractivity contribution in [1.29, 1.82) is 0 Å². The van der Waals surface area contributed by atoms with Crippen LogP contribution >= 0.6 is 27.7 Å². The zero-order valence-corrected chi connectivity index (χ0v) is 14.1. The zero-order chi connectivity index (χ0) is 15.7. The predicted octanol–water partition coefficient (Wildman–Crippen LogP) is 2.54. The standard InChI is InChI=1S/C14H18BrNO4S/c1-21-8-6-12(14(18)19)16-13(17)5-7-20-11-4-2-3-10(15)9-11/h2-4,9,12H,5-8H2,1H3,(H,16,17)(H,18,19). The van der Waals surface area contributed by atoms with Crippen LogP contribution in [0.1, 0.15) is 12.8 Å². The van der Waals surface area contributed by atoms with Crippen LogP contribution in [-0.4, -0.2) is 41.6 Å². The highest BCUT2D eigenvalue weighted by molar-refractivity contribution is 9.10. The lowest BCUT2D eigenvalue weighted by Gasteiger charge is -2.14. The molecule has 5 nitrogen and oxygen atoms in total. The van der Waals surface area contributed by atoms with Crippen LogP contribution in [0, 0.1) is 0 Å². The predicted molar refractivity (Wildman–Crippen MR) is 86.8 cm³/mol. The van der Waals surface area contributed by atoms with E-state index in [1.807, 2.05) is 18.4 Å². The first-order valence-electron chi connectivity index (χ1n) is 6.42. The Morgan fingerprint density at radius 2 is 2.24 bits per heavy atom. The fraction of sp³-hybridized carbons (Fsp3) is 0.429. The van der Waals surface area contributed by atoms with Gasteiger partial charge in [-0.15, -0.1) is 0 Å². The van der Waals surface area contributed by atoms with Gasteiger partial charge in [0.15, 0.2) is 0 Å². The van der Waals surface area contributed by atoms with Gasteiger partial charge in [-0.3, -0.25) is 4.79 Å². The largest absolute Gasteiger partial charge is 0.493 e. The molecular weight excluding hydrogens is 358 g/mol. The van der Waals surface area contributed by atoms with E-state index in [4.69, 9.17) is 9.84 Å². The van der Waals surface area contributed by atoms with E-state index in [1.165, 1.54) is 0 Å². The van der Waals surface area contributed by atoms with Crippen molar-refractivity contribution < 1.29 is 19.4 Å². The van der Waals surface area contributed by atoms with Gasteiger partial charge in [-0.2, -0.15) is 11.8 Å². The minimum Gasteiger partial charge on any atom is -0.493 e. The first-order chi connectivity index (χ1) is 10.0. The first-order valence-corrected chi connectivity index (χ1v) is 8.61. The van der Waals surface area contributed by atoms with Gasteiger partial charge in [-0.1, -0.05) is 22.0 Å². The molecular formula is C14H18BrNO4S. The van der Waals surface area contributed by atoms with Gasteiger partial charge in [-0.05, 0) is 36.6 Å². The van der Waals surface area contributed by atoms with E-state index in [-0.39, 0.29) is 18.9 Å². The summed E-state index contributed by atoms with van der Waals surface area (Å²) in [6.07, 6.45) is 2.43. The first kappa shape index (κ1) is 17.8. The van der Waals surface area contributed by atoms with Gasteiger partial charge in [0.05, 0.1) is 13.0 Å². The number of thioether (sulfide) groups is 1. The van der Waals surface area contributed by atoms with Crippen LogP contribution in [0.4, 0.5) is 0 Å². The highest BCUT2D eigenvalue weighted by Gasteiger charge is 2.19. The van der Waals surface area contributed by atoms with Gasteiger partial charge in [-0.25, -0.2) is 4.79 Å². The Balaban J connectivity index is 2.34. The van der Waals surface area contributed by atoms with Crippen molar-refractivity contribution in [3.63, 3.8) is 0 Å². The van der Waals surface area contributed by atoms with E-state index >= 15 is 0 Å². The normalized spacial score (nSPS) is 11.7. The maximum atomic E-state index is 11.7. The van der Waals surface area contributed by atoms with Crippen molar-refractivity contribution in [3.8, 4) is 5.75 Å². The number of rotatable bonds is 9. The molecule has 0 saturated carbocycles. The third-order valence-corrected chi connectivity index (χ3v) is 3.78. The maximum absolute atomic E-state index is 11.7. The van der Waals surface area contributed by atoms with E-state index in [1.54, 1.807) is 23.9 Å². The summed E-state index contributed by atoms with van der Waals surface area (Å²) in [6, 6.07) is 6.47. The average Bonchev–Trinajstić information content (AvgIpc) is 2.43. The molecule has 1 aromatic carbocycles. The lowest BCUT2D eigenvalue weighted by Crippen LogP contribution is -2.41. The minimum atomic E-state index is -1.01. The average molecular weight is 376 g/mol.